The number of amides is 3. The number of anilines is 1. The molecule has 5 N–H and O–H groups in total. The highest BCUT2D eigenvalue weighted by molar-refractivity contribution is 5.99. The van der Waals surface area contributed by atoms with E-state index in [1.54, 1.807) is 12.1 Å². The van der Waals surface area contributed by atoms with Crippen molar-refractivity contribution in [1.82, 2.24) is 10.6 Å². The molecule has 0 unspecified atom stereocenters. The monoisotopic (exact) mass is 264 g/mol. The molecular formula is C12H16N4O3. The minimum absolute atomic E-state index is 0.244. The summed E-state index contributed by atoms with van der Waals surface area (Å²) in [7, 11) is 0. The normalized spacial score (nSPS) is 12.6. The molecule has 0 bridgehead atoms. The van der Waals surface area contributed by atoms with Crippen molar-refractivity contribution in [3.63, 3.8) is 0 Å². The van der Waals surface area contributed by atoms with Crippen LogP contribution in [0.25, 0.3) is 0 Å². The molecule has 0 aromatic heterocycles. The van der Waals surface area contributed by atoms with Crippen LogP contribution < -0.4 is 26.4 Å². The third-order valence-corrected chi connectivity index (χ3v) is 2.63. The zero-order valence-electron chi connectivity index (χ0n) is 10.4. The Bertz CT molecular complexity index is 490. The molecule has 0 spiro atoms. The summed E-state index contributed by atoms with van der Waals surface area (Å²) >= 11 is 0. The first-order valence-electron chi connectivity index (χ1n) is 5.99. The standard InChI is InChI=1S/C12H16N4O3/c13-12(18)16-5-4-15-11(17)8-2-1-3-9-10(8)19-7-6-14-9/h1-3,14H,4-7H2,(H,15,17)(H3,13,16,18). The van der Waals surface area contributed by atoms with Gasteiger partial charge in [-0.3, -0.25) is 4.79 Å². The van der Waals surface area contributed by atoms with Gasteiger partial charge < -0.3 is 26.4 Å². The van der Waals surface area contributed by atoms with Gasteiger partial charge >= 0.3 is 6.03 Å². The Labute approximate surface area is 110 Å². The van der Waals surface area contributed by atoms with Crippen LogP contribution in [0.15, 0.2) is 18.2 Å². The lowest BCUT2D eigenvalue weighted by atomic mass is 10.1. The highest BCUT2D eigenvalue weighted by atomic mass is 16.5. The lowest BCUT2D eigenvalue weighted by molar-refractivity contribution is 0.0949. The number of hydrogen-bond donors (Lipinski definition) is 4. The molecule has 2 rings (SSSR count). The number of hydrogen-bond acceptors (Lipinski definition) is 4. The van der Waals surface area contributed by atoms with E-state index in [4.69, 9.17) is 10.5 Å². The first-order chi connectivity index (χ1) is 9.18. The number of carbonyl (C=O) groups is 2. The summed E-state index contributed by atoms with van der Waals surface area (Å²) in [6, 6.07) is 4.73. The fraction of sp³-hybridized carbons (Fsp3) is 0.333. The van der Waals surface area contributed by atoms with Crippen LogP contribution >= 0.6 is 0 Å². The molecule has 1 aliphatic rings. The quantitative estimate of drug-likeness (QED) is 0.569. The van der Waals surface area contributed by atoms with Gasteiger partial charge in [0.25, 0.3) is 5.91 Å². The van der Waals surface area contributed by atoms with Gasteiger partial charge in [-0.1, -0.05) is 6.07 Å². The molecule has 0 aliphatic carbocycles. The minimum atomic E-state index is -0.612. The number of primary amides is 1. The second kappa shape index (κ2) is 5.94. The maximum Gasteiger partial charge on any atom is 0.312 e. The lowest BCUT2D eigenvalue weighted by Crippen LogP contribution is -2.37. The Morgan fingerprint density at radius 1 is 1.32 bits per heavy atom. The third-order valence-electron chi connectivity index (χ3n) is 2.63. The Kier molecular flexibility index (Phi) is 4.07. The first kappa shape index (κ1) is 13.0. The molecule has 0 saturated heterocycles. The molecule has 0 saturated carbocycles. The molecular weight excluding hydrogens is 248 g/mol. The van der Waals surface area contributed by atoms with Crippen LogP contribution in [0.4, 0.5) is 10.5 Å². The minimum Gasteiger partial charge on any atom is -0.489 e. The Morgan fingerprint density at radius 2 is 2.11 bits per heavy atom. The van der Waals surface area contributed by atoms with Gasteiger partial charge in [-0.05, 0) is 12.1 Å². The van der Waals surface area contributed by atoms with Gasteiger partial charge in [0.05, 0.1) is 11.3 Å². The second-order valence-electron chi connectivity index (χ2n) is 4.00. The zero-order chi connectivity index (χ0) is 13.7. The van der Waals surface area contributed by atoms with Crippen LogP contribution in [0.3, 0.4) is 0 Å². The highest BCUT2D eigenvalue weighted by Crippen LogP contribution is 2.30. The number of ether oxygens (including phenoxy) is 1. The number of benzene rings is 1. The van der Waals surface area contributed by atoms with Crippen molar-refractivity contribution in [3.05, 3.63) is 23.8 Å². The van der Waals surface area contributed by atoms with Crippen LogP contribution in [-0.4, -0.2) is 38.2 Å². The average molecular weight is 264 g/mol. The van der Waals surface area contributed by atoms with Crippen molar-refractivity contribution in [1.29, 1.82) is 0 Å². The van der Waals surface area contributed by atoms with Crippen molar-refractivity contribution in [2.24, 2.45) is 5.73 Å². The van der Waals surface area contributed by atoms with E-state index in [0.717, 1.165) is 12.2 Å². The molecule has 7 heteroatoms. The van der Waals surface area contributed by atoms with Crippen molar-refractivity contribution >= 4 is 17.6 Å². The topological polar surface area (TPSA) is 105 Å². The average Bonchev–Trinajstić information content (AvgIpc) is 2.42. The highest BCUT2D eigenvalue weighted by Gasteiger charge is 2.18. The molecule has 0 fully saturated rings. The first-order valence-corrected chi connectivity index (χ1v) is 5.99. The second-order valence-corrected chi connectivity index (χ2v) is 4.00. The largest absolute Gasteiger partial charge is 0.489 e. The van der Waals surface area contributed by atoms with Gasteiger partial charge in [0.2, 0.25) is 0 Å². The maximum absolute atomic E-state index is 12.0. The van der Waals surface area contributed by atoms with E-state index in [0.29, 0.717) is 24.5 Å². The van der Waals surface area contributed by atoms with E-state index in [1.807, 2.05) is 6.07 Å². The number of nitrogens with two attached hydrogens (primary N) is 1. The zero-order valence-corrected chi connectivity index (χ0v) is 10.4. The van der Waals surface area contributed by atoms with E-state index in [-0.39, 0.29) is 12.5 Å². The number of rotatable bonds is 4. The molecule has 1 heterocycles. The summed E-state index contributed by atoms with van der Waals surface area (Å²) in [5, 5.41) is 8.24. The van der Waals surface area contributed by atoms with Crippen molar-refractivity contribution < 1.29 is 14.3 Å². The predicted molar refractivity (Wildman–Crippen MR) is 70.3 cm³/mol. The number of fused-ring (bicyclic) bond motifs is 1. The van der Waals surface area contributed by atoms with E-state index >= 15 is 0 Å². The summed E-state index contributed by atoms with van der Waals surface area (Å²) in [5.74, 6) is 0.320. The van der Waals surface area contributed by atoms with Gasteiger partial charge in [-0.2, -0.15) is 0 Å². The summed E-state index contributed by atoms with van der Waals surface area (Å²) in [6.45, 7) is 1.84. The maximum atomic E-state index is 12.0. The molecule has 1 aliphatic heterocycles. The number of para-hydroxylation sites is 1. The smallest absolute Gasteiger partial charge is 0.312 e. The van der Waals surface area contributed by atoms with E-state index < -0.39 is 6.03 Å². The fourth-order valence-corrected chi connectivity index (χ4v) is 1.81. The Morgan fingerprint density at radius 3 is 2.89 bits per heavy atom. The summed E-state index contributed by atoms with van der Waals surface area (Å²) < 4.78 is 5.51. The van der Waals surface area contributed by atoms with E-state index in [9.17, 15) is 9.59 Å². The number of carbonyl (C=O) groups excluding carboxylic acids is 2. The van der Waals surface area contributed by atoms with Crippen molar-refractivity contribution in [3.8, 4) is 5.75 Å². The molecule has 102 valence electrons. The van der Waals surface area contributed by atoms with Crippen LogP contribution in [0.5, 0.6) is 5.75 Å². The summed E-state index contributed by atoms with van der Waals surface area (Å²) in [6.07, 6.45) is 0. The molecule has 1 aromatic carbocycles. The molecule has 0 atom stereocenters. The van der Waals surface area contributed by atoms with Crippen LogP contribution in [0, 0.1) is 0 Å². The number of urea groups is 1. The fourth-order valence-electron chi connectivity index (χ4n) is 1.81. The predicted octanol–water partition coefficient (Wildman–Crippen LogP) is -0.111. The molecule has 7 nitrogen and oxygen atoms in total. The molecule has 1 aromatic rings. The molecule has 19 heavy (non-hydrogen) atoms. The van der Waals surface area contributed by atoms with E-state index in [2.05, 4.69) is 16.0 Å². The van der Waals surface area contributed by atoms with Crippen LogP contribution in [0.2, 0.25) is 0 Å². The third kappa shape index (κ3) is 3.27. The van der Waals surface area contributed by atoms with E-state index in [1.165, 1.54) is 0 Å². The van der Waals surface area contributed by atoms with Gasteiger partial charge in [0, 0.05) is 19.6 Å². The molecule has 3 amide bonds. The van der Waals surface area contributed by atoms with Gasteiger partial charge in [-0.15, -0.1) is 0 Å². The van der Waals surface area contributed by atoms with Crippen molar-refractivity contribution in [2.75, 3.05) is 31.6 Å². The lowest BCUT2D eigenvalue weighted by Gasteiger charge is -2.21. The molecule has 0 radical (unpaired) electrons. The van der Waals surface area contributed by atoms with Gasteiger partial charge in [0.15, 0.2) is 5.75 Å². The van der Waals surface area contributed by atoms with Crippen molar-refractivity contribution in [2.45, 2.75) is 0 Å². The summed E-state index contributed by atoms with van der Waals surface area (Å²) in [4.78, 5) is 22.5. The SMILES string of the molecule is NC(=O)NCCNC(=O)c1cccc2c1OCCN2. The van der Waals surface area contributed by atoms with Gasteiger partial charge in [-0.25, -0.2) is 4.79 Å². The summed E-state index contributed by atoms with van der Waals surface area (Å²) in [5.41, 5.74) is 6.21. The van der Waals surface area contributed by atoms with Crippen LogP contribution in [-0.2, 0) is 0 Å². The Hall–Kier alpha value is -2.44. The number of nitrogens with one attached hydrogen (secondary N) is 3. The van der Waals surface area contributed by atoms with Crippen LogP contribution in [0.1, 0.15) is 10.4 Å². The van der Waals surface area contributed by atoms with Gasteiger partial charge in [0.1, 0.15) is 6.61 Å². The Balaban J connectivity index is 1.97.